The van der Waals surface area contributed by atoms with Crippen molar-refractivity contribution in [1.29, 1.82) is 0 Å². The van der Waals surface area contributed by atoms with Crippen LogP contribution in [-0.4, -0.2) is 27.8 Å². The molecule has 192 valence electrons. The molecule has 0 bridgehead atoms. The quantitative estimate of drug-likeness (QED) is 0.275. The number of aliphatic hydroxyl groups is 1. The van der Waals surface area contributed by atoms with Crippen molar-refractivity contribution < 1.29 is 9.90 Å². The molecular weight excluding hydrogens is 446 g/mol. The predicted octanol–water partition coefficient (Wildman–Crippen LogP) is 6.14. The summed E-state index contributed by atoms with van der Waals surface area (Å²) in [5.41, 5.74) is 8.11. The number of rotatable bonds is 4. The molecule has 1 heterocycles. The normalized spacial score (nSPS) is 38.2. The van der Waals surface area contributed by atoms with Crippen LogP contribution in [0.4, 0.5) is 0 Å². The molecule has 3 fully saturated rings. The molecule has 7 atom stereocenters. The molecule has 0 spiro atoms. The van der Waals surface area contributed by atoms with E-state index in [1.165, 1.54) is 37.7 Å². The van der Waals surface area contributed by atoms with Crippen LogP contribution in [0, 0.1) is 34.5 Å². The van der Waals surface area contributed by atoms with Crippen LogP contribution in [0.1, 0.15) is 77.7 Å². The summed E-state index contributed by atoms with van der Waals surface area (Å²) in [7, 11) is 0. The Morgan fingerprint density at radius 3 is 2.83 bits per heavy atom. The molecule has 0 radical (unpaired) electrons. The summed E-state index contributed by atoms with van der Waals surface area (Å²) in [6.07, 6.45) is 13.7. The van der Waals surface area contributed by atoms with Gasteiger partial charge >= 0.3 is 0 Å². The highest BCUT2D eigenvalue weighted by Gasteiger charge is 2.59. The van der Waals surface area contributed by atoms with Crippen LogP contribution >= 0.6 is 0 Å². The Morgan fingerprint density at radius 2 is 1.97 bits per heavy atom. The Bertz CT molecular complexity index is 1230. The lowest BCUT2D eigenvalue weighted by Crippen LogP contribution is -2.51. The van der Waals surface area contributed by atoms with E-state index in [2.05, 4.69) is 48.4 Å². The van der Waals surface area contributed by atoms with Crippen molar-refractivity contribution in [2.45, 2.75) is 84.7 Å². The van der Waals surface area contributed by atoms with E-state index in [0.29, 0.717) is 12.3 Å². The number of aromatic nitrogens is 1. The summed E-state index contributed by atoms with van der Waals surface area (Å²) in [5, 5.41) is 16.0. The van der Waals surface area contributed by atoms with Crippen molar-refractivity contribution in [3.05, 3.63) is 47.7 Å². The number of aromatic amines is 1. The second kappa shape index (κ2) is 8.86. The minimum absolute atomic E-state index is 0.0557. The molecule has 5 nitrogen and oxygen atoms in total. The molecule has 4 aliphatic rings. The first-order valence-electron chi connectivity index (χ1n) is 14.0. The van der Waals surface area contributed by atoms with Gasteiger partial charge < -0.3 is 10.1 Å². The lowest BCUT2D eigenvalue weighted by atomic mass is 9.47. The van der Waals surface area contributed by atoms with Gasteiger partial charge in [0.05, 0.1) is 12.5 Å². The molecule has 1 amide bonds. The first-order chi connectivity index (χ1) is 17.3. The van der Waals surface area contributed by atoms with Crippen LogP contribution in [0.15, 0.2) is 47.2 Å². The zero-order valence-corrected chi connectivity index (χ0v) is 22.0. The van der Waals surface area contributed by atoms with Crippen molar-refractivity contribution in [3.63, 3.8) is 0 Å². The average Bonchev–Trinajstić information content (AvgIpc) is 3.44. The van der Waals surface area contributed by atoms with Crippen molar-refractivity contribution in [1.82, 2.24) is 10.4 Å². The van der Waals surface area contributed by atoms with E-state index in [1.54, 1.807) is 0 Å². The van der Waals surface area contributed by atoms with E-state index in [0.717, 1.165) is 59.2 Å². The second-order valence-corrected chi connectivity index (χ2v) is 12.7. The third-order valence-corrected chi connectivity index (χ3v) is 11.0. The Morgan fingerprint density at radius 1 is 1.14 bits per heavy atom. The van der Waals surface area contributed by atoms with Crippen LogP contribution in [0.2, 0.25) is 0 Å². The summed E-state index contributed by atoms with van der Waals surface area (Å²) in [6, 6.07) is 8.10. The maximum atomic E-state index is 12.8. The third-order valence-electron chi connectivity index (χ3n) is 11.0. The summed E-state index contributed by atoms with van der Waals surface area (Å²) in [5.74, 6) is 2.58. The number of carbonyl (C=O) groups is 1. The van der Waals surface area contributed by atoms with Gasteiger partial charge in [0, 0.05) is 28.7 Å². The number of aliphatic hydroxyl groups excluding tert-OH is 1. The van der Waals surface area contributed by atoms with Crippen LogP contribution in [-0.2, 0) is 11.2 Å². The van der Waals surface area contributed by atoms with Crippen molar-refractivity contribution in [2.75, 3.05) is 0 Å². The first-order valence-corrected chi connectivity index (χ1v) is 14.0. The van der Waals surface area contributed by atoms with Gasteiger partial charge in [-0.2, -0.15) is 5.10 Å². The van der Waals surface area contributed by atoms with Crippen LogP contribution in [0.25, 0.3) is 10.9 Å². The number of para-hydroxylation sites is 1. The van der Waals surface area contributed by atoms with Gasteiger partial charge in [-0.15, -0.1) is 0 Å². The molecule has 3 N–H and O–H groups in total. The van der Waals surface area contributed by atoms with E-state index in [4.69, 9.17) is 0 Å². The number of hydrogen-bond acceptors (Lipinski definition) is 3. The smallest absolute Gasteiger partial charge is 0.244 e. The van der Waals surface area contributed by atoms with E-state index in [9.17, 15) is 9.90 Å². The third kappa shape index (κ3) is 3.77. The molecule has 5 heteroatoms. The van der Waals surface area contributed by atoms with Crippen LogP contribution in [0.3, 0.4) is 0 Å². The fourth-order valence-corrected chi connectivity index (χ4v) is 9.05. The number of allylic oxidation sites excluding steroid dienone is 1. The number of hydrazone groups is 1. The molecule has 6 rings (SSSR count). The van der Waals surface area contributed by atoms with E-state index in [1.807, 2.05) is 24.4 Å². The molecule has 3 saturated carbocycles. The molecule has 1 aromatic carbocycles. The standard InChI is InChI=1S/C31H41N3O2/c1-19(33-34-29(36)16-20-18-32-28-7-5-4-6-23(20)28)25-10-11-26-24-9-8-21-17-22(35)12-14-30(21,2)27(24)13-15-31(25,26)3/h4-8,18,22,24-27,32,35H,9-17H2,1-3H3,(H,34,36)/b33-19+/t22-,24+,25-,26+,27+,30+,31-/m1/s1. The number of nitrogens with zero attached hydrogens (tertiary/aromatic N) is 1. The van der Waals surface area contributed by atoms with Crippen molar-refractivity contribution in [3.8, 4) is 0 Å². The number of amides is 1. The number of carbonyl (C=O) groups excluding carboxylic acids is 1. The van der Waals surface area contributed by atoms with Gasteiger partial charge in [-0.3, -0.25) is 4.79 Å². The Balaban J connectivity index is 1.15. The molecule has 1 aromatic heterocycles. The fourth-order valence-electron chi connectivity index (χ4n) is 9.05. The summed E-state index contributed by atoms with van der Waals surface area (Å²) in [4.78, 5) is 16.0. The molecule has 0 unspecified atom stereocenters. The average molecular weight is 488 g/mol. The highest BCUT2D eigenvalue weighted by molar-refractivity contribution is 5.90. The monoisotopic (exact) mass is 487 g/mol. The van der Waals surface area contributed by atoms with Gasteiger partial charge in [0.2, 0.25) is 5.91 Å². The molecule has 2 aromatic rings. The molecule has 4 aliphatic carbocycles. The lowest BCUT2D eigenvalue weighted by Gasteiger charge is -2.58. The number of benzene rings is 1. The van der Waals surface area contributed by atoms with Gasteiger partial charge in [-0.05, 0) is 98.5 Å². The van der Waals surface area contributed by atoms with E-state index >= 15 is 0 Å². The number of hydrogen-bond donors (Lipinski definition) is 3. The van der Waals surface area contributed by atoms with Crippen LogP contribution in [0.5, 0.6) is 0 Å². The van der Waals surface area contributed by atoms with Gasteiger partial charge in [-0.25, -0.2) is 5.43 Å². The summed E-state index contributed by atoms with van der Waals surface area (Å²) < 4.78 is 0. The van der Waals surface area contributed by atoms with E-state index in [-0.39, 0.29) is 22.8 Å². The second-order valence-electron chi connectivity index (χ2n) is 12.7. The summed E-state index contributed by atoms with van der Waals surface area (Å²) in [6.45, 7) is 7.12. The van der Waals surface area contributed by atoms with Gasteiger partial charge in [-0.1, -0.05) is 43.7 Å². The maximum Gasteiger partial charge on any atom is 0.244 e. The van der Waals surface area contributed by atoms with Gasteiger partial charge in [0.25, 0.3) is 0 Å². The Kier molecular flexibility index (Phi) is 5.90. The molecule has 0 aliphatic heterocycles. The minimum Gasteiger partial charge on any atom is -0.393 e. The lowest BCUT2D eigenvalue weighted by molar-refractivity contribution is -0.120. The van der Waals surface area contributed by atoms with Crippen molar-refractivity contribution in [2.24, 2.45) is 39.6 Å². The summed E-state index contributed by atoms with van der Waals surface area (Å²) >= 11 is 0. The van der Waals surface area contributed by atoms with Crippen LogP contribution < -0.4 is 5.43 Å². The van der Waals surface area contributed by atoms with E-state index < -0.39 is 0 Å². The molecular formula is C31H41N3O2. The van der Waals surface area contributed by atoms with Gasteiger partial charge in [0.15, 0.2) is 0 Å². The topological polar surface area (TPSA) is 77.5 Å². The molecule has 0 saturated heterocycles. The predicted molar refractivity (Wildman–Crippen MR) is 144 cm³/mol. The SMILES string of the molecule is C/C(=N\NC(=O)Cc1c[nH]c2ccccc12)[C@H]1CC[C@H]2[C@@H]3CC=C4C[C@H](O)CC[C@]4(C)[C@H]3CC[C@]12C. The zero-order valence-electron chi connectivity index (χ0n) is 22.0. The minimum atomic E-state index is -0.143. The fraction of sp³-hybridized carbons (Fsp3) is 0.613. The molecule has 36 heavy (non-hydrogen) atoms. The highest BCUT2D eigenvalue weighted by Crippen LogP contribution is 2.66. The maximum absolute atomic E-state index is 12.8. The largest absolute Gasteiger partial charge is 0.393 e. The highest BCUT2D eigenvalue weighted by atomic mass is 16.3. The Labute approximate surface area is 214 Å². The Hall–Kier alpha value is -2.40. The number of nitrogens with one attached hydrogen (secondary N) is 2. The van der Waals surface area contributed by atoms with Crippen molar-refractivity contribution >= 4 is 22.5 Å². The number of H-pyrrole nitrogens is 1. The van der Waals surface area contributed by atoms with Gasteiger partial charge in [0.1, 0.15) is 0 Å². The first kappa shape index (κ1) is 24.0. The number of fused-ring (bicyclic) bond motifs is 6. The zero-order chi connectivity index (χ0) is 25.1.